The van der Waals surface area contributed by atoms with Crippen molar-refractivity contribution in [2.24, 2.45) is 11.1 Å². The van der Waals surface area contributed by atoms with Gasteiger partial charge in [-0.25, -0.2) is 0 Å². The molecule has 0 atom stereocenters. The number of hydrogen-bond acceptors (Lipinski definition) is 2. The van der Waals surface area contributed by atoms with Crippen molar-refractivity contribution in [3.8, 4) is 0 Å². The van der Waals surface area contributed by atoms with Gasteiger partial charge in [-0.3, -0.25) is 0 Å². The lowest BCUT2D eigenvalue weighted by Crippen LogP contribution is -2.42. The van der Waals surface area contributed by atoms with Gasteiger partial charge in [-0.05, 0) is 77.4 Å². The van der Waals surface area contributed by atoms with E-state index in [1.807, 2.05) is 0 Å². The standard InChI is InChI=1S/C16H32N2/c1-15(2,17)7-6-12-18-13-10-16(11-14-18)8-4-3-5-9-16/h3-14,17H2,1-2H3. The molecule has 0 aromatic carbocycles. The molecule has 2 aliphatic rings. The molecule has 0 aromatic rings. The van der Waals surface area contributed by atoms with Crippen molar-refractivity contribution < 1.29 is 0 Å². The van der Waals surface area contributed by atoms with E-state index in [1.54, 1.807) is 0 Å². The Labute approximate surface area is 113 Å². The molecule has 18 heavy (non-hydrogen) atoms. The molecule has 0 radical (unpaired) electrons. The van der Waals surface area contributed by atoms with Gasteiger partial charge in [0.2, 0.25) is 0 Å². The van der Waals surface area contributed by atoms with Crippen LogP contribution in [0.5, 0.6) is 0 Å². The van der Waals surface area contributed by atoms with Crippen LogP contribution in [-0.4, -0.2) is 30.1 Å². The first kappa shape index (κ1) is 14.3. The van der Waals surface area contributed by atoms with E-state index >= 15 is 0 Å². The molecule has 0 amide bonds. The Kier molecular flexibility index (Phi) is 4.71. The predicted octanol–water partition coefficient (Wildman–Crippen LogP) is 3.55. The summed E-state index contributed by atoms with van der Waals surface area (Å²) < 4.78 is 0. The van der Waals surface area contributed by atoms with Gasteiger partial charge in [0.25, 0.3) is 0 Å². The van der Waals surface area contributed by atoms with Crippen molar-refractivity contribution in [3.05, 3.63) is 0 Å². The van der Waals surface area contributed by atoms with Crippen LogP contribution in [0.15, 0.2) is 0 Å². The molecule has 0 bridgehead atoms. The second-order valence-corrected chi connectivity index (χ2v) is 7.49. The molecule has 1 spiro atoms. The monoisotopic (exact) mass is 252 g/mol. The molecule has 1 saturated carbocycles. The summed E-state index contributed by atoms with van der Waals surface area (Å²) in [5, 5.41) is 0. The summed E-state index contributed by atoms with van der Waals surface area (Å²) in [5.41, 5.74) is 6.81. The van der Waals surface area contributed by atoms with Crippen molar-refractivity contribution in [2.45, 2.75) is 77.2 Å². The lowest BCUT2D eigenvalue weighted by Gasteiger charge is -2.44. The molecule has 2 heteroatoms. The second kappa shape index (κ2) is 5.92. The van der Waals surface area contributed by atoms with Gasteiger partial charge in [0.05, 0.1) is 0 Å². The van der Waals surface area contributed by atoms with Crippen LogP contribution in [0.2, 0.25) is 0 Å². The lowest BCUT2D eigenvalue weighted by atomic mass is 9.68. The molecule has 1 heterocycles. The predicted molar refractivity (Wildman–Crippen MR) is 78.7 cm³/mol. The highest BCUT2D eigenvalue weighted by molar-refractivity contribution is 4.88. The molecule has 0 aromatic heterocycles. The van der Waals surface area contributed by atoms with E-state index < -0.39 is 0 Å². The van der Waals surface area contributed by atoms with E-state index in [1.165, 1.54) is 71.0 Å². The maximum absolute atomic E-state index is 6.04. The Morgan fingerprint density at radius 3 is 2.17 bits per heavy atom. The Balaban J connectivity index is 1.67. The van der Waals surface area contributed by atoms with Gasteiger partial charge in [0.15, 0.2) is 0 Å². The first-order chi connectivity index (χ1) is 8.49. The van der Waals surface area contributed by atoms with Crippen LogP contribution in [-0.2, 0) is 0 Å². The topological polar surface area (TPSA) is 29.3 Å². The molecule has 1 aliphatic carbocycles. The van der Waals surface area contributed by atoms with Crippen molar-refractivity contribution in [1.29, 1.82) is 0 Å². The van der Waals surface area contributed by atoms with Gasteiger partial charge in [0, 0.05) is 5.54 Å². The van der Waals surface area contributed by atoms with E-state index in [4.69, 9.17) is 5.73 Å². The summed E-state index contributed by atoms with van der Waals surface area (Å²) in [4.78, 5) is 2.67. The maximum atomic E-state index is 6.04. The van der Waals surface area contributed by atoms with E-state index in [0.29, 0.717) is 0 Å². The summed E-state index contributed by atoms with van der Waals surface area (Å²) >= 11 is 0. The molecular weight excluding hydrogens is 220 g/mol. The largest absolute Gasteiger partial charge is 0.326 e. The molecule has 1 aliphatic heterocycles. The minimum absolute atomic E-state index is 0.0143. The van der Waals surface area contributed by atoms with Crippen LogP contribution in [0.4, 0.5) is 0 Å². The molecule has 1 saturated heterocycles. The number of nitrogens with two attached hydrogens (primary N) is 1. The molecule has 0 unspecified atom stereocenters. The third kappa shape index (κ3) is 4.24. The summed E-state index contributed by atoms with van der Waals surface area (Å²) in [7, 11) is 0. The van der Waals surface area contributed by atoms with Gasteiger partial charge in [-0.1, -0.05) is 19.3 Å². The van der Waals surface area contributed by atoms with Crippen LogP contribution in [0.1, 0.15) is 71.6 Å². The number of nitrogens with zero attached hydrogens (tertiary/aromatic N) is 1. The molecule has 2 fully saturated rings. The average Bonchev–Trinajstić information content (AvgIpc) is 2.32. The highest BCUT2D eigenvalue weighted by Crippen LogP contribution is 2.44. The number of piperidine rings is 1. The Morgan fingerprint density at radius 1 is 1.00 bits per heavy atom. The Bertz CT molecular complexity index is 238. The van der Waals surface area contributed by atoms with E-state index in [2.05, 4.69) is 18.7 Å². The van der Waals surface area contributed by atoms with E-state index in [-0.39, 0.29) is 5.54 Å². The highest BCUT2D eigenvalue weighted by atomic mass is 15.1. The molecule has 2 N–H and O–H groups in total. The minimum Gasteiger partial charge on any atom is -0.326 e. The number of likely N-dealkylation sites (tertiary alicyclic amines) is 1. The zero-order valence-electron chi connectivity index (χ0n) is 12.5. The summed E-state index contributed by atoms with van der Waals surface area (Å²) in [6.45, 7) is 8.22. The molecule has 2 nitrogen and oxygen atoms in total. The molecule has 106 valence electrons. The third-order valence-electron chi connectivity index (χ3n) is 5.13. The maximum Gasteiger partial charge on any atom is 0.00975 e. The van der Waals surface area contributed by atoms with Gasteiger partial charge in [0.1, 0.15) is 0 Å². The van der Waals surface area contributed by atoms with Crippen molar-refractivity contribution in [3.63, 3.8) is 0 Å². The van der Waals surface area contributed by atoms with Crippen LogP contribution in [0.25, 0.3) is 0 Å². The lowest BCUT2D eigenvalue weighted by molar-refractivity contribution is 0.0663. The summed E-state index contributed by atoms with van der Waals surface area (Å²) in [6.07, 6.45) is 12.8. The average molecular weight is 252 g/mol. The second-order valence-electron chi connectivity index (χ2n) is 7.49. The van der Waals surface area contributed by atoms with Crippen molar-refractivity contribution in [1.82, 2.24) is 4.90 Å². The minimum atomic E-state index is 0.0143. The summed E-state index contributed by atoms with van der Waals surface area (Å²) in [5.74, 6) is 0. The SMILES string of the molecule is CC(C)(N)CCCN1CCC2(CCCCC2)CC1. The quantitative estimate of drug-likeness (QED) is 0.829. The third-order valence-corrected chi connectivity index (χ3v) is 5.13. The van der Waals surface area contributed by atoms with Gasteiger partial charge in [-0.15, -0.1) is 0 Å². The molecule has 2 rings (SSSR count). The van der Waals surface area contributed by atoms with Crippen molar-refractivity contribution in [2.75, 3.05) is 19.6 Å². The van der Waals surface area contributed by atoms with Gasteiger partial charge < -0.3 is 10.6 Å². The first-order valence-corrected chi connectivity index (χ1v) is 8.01. The van der Waals surface area contributed by atoms with Crippen LogP contribution in [0.3, 0.4) is 0 Å². The highest BCUT2D eigenvalue weighted by Gasteiger charge is 2.35. The Hall–Kier alpha value is -0.0800. The summed E-state index contributed by atoms with van der Waals surface area (Å²) in [6, 6.07) is 0. The van der Waals surface area contributed by atoms with Crippen LogP contribution < -0.4 is 5.73 Å². The van der Waals surface area contributed by atoms with Gasteiger partial charge >= 0.3 is 0 Å². The van der Waals surface area contributed by atoms with Crippen LogP contribution >= 0.6 is 0 Å². The fourth-order valence-electron chi connectivity index (χ4n) is 3.81. The number of hydrogen-bond donors (Lipinski definition) is 1. The Morgan fingerprint density at radius 2 is 1.61 bits per heavy atom. The zero-order valence-corrected chi connectivity index (χ0v) is 12.5. The zero-order chi connectivity index (χ0) is 13.1. The van der Waals surface area contributed by atoms with Crippen LogP contribution in [0, 0.1) is 5.41 Å². The fourth-order valence-corrected chi connectivity index (χ4v) is 3.81. The van der Waals surface area contributed by atoms with Gasteiger partial charge in [-0.2, -0.15) is 0 Å². The van der Waals surface area contributed by atoms with Crippen molar-refractivity contribution >= 4 is 0 Å². The molecular formula is C16H32N2. The van der Waals surface area contributed by atoms with E-state index in [0.717, 1.165) is 11.8 Å². The fraction of sp³-hybridized carbons (Fsp3) is 1.00. The first-order valence-electron chi connectivity index (χ1n) is 8.01. The normalized spacial score (nSPS) is 25.5. The smallest absolute Gasteiger partial charge is 0.00975 e. The number of rotatable bonds is 4. The van der Waals surface area contributed by atoms with E-state index in [9.17, 15) is 0 Å².